The van der Waals surface area contributed by atoms with Gasteiger partial charge in [0.25, 0.3) is 0 Å². The summed E-state index contributed by atoms with van der Waals surface area (Å²) in [5.41, 5.74) is 0. The summed E-state index contributed by atoms with van der Waals surface area (Å²) in [6.45, 7) is 4.95. The first kappa shape index (κ1) is 14.2. The maximum Gasteiger partial charge on any atom is 0.310 e. The molecular weight excluding hydrogens is 250 g/mol. The van der Waals surface area contributed by atoms with Crippen molar-refractivity contribution >= 4 is 17.7 Å². The molecule has 2 atom stereocenters. The Kier molecular flexibility index (Phi) is 4.56. The summed E-state index contributed by atoms with van der Waals surface area (Å²) in [7, 11) is 0. The van der Waals surface area contributed by atoms with Gasteiger partial charge in [-0.3, -0.25) is 9.69 Å². The molecule has 4 nitrogen and oxygen atoms in total. The van der Waals surface area contributed by atoms with Crippen molar-refractivity contribution in [2.45, 2.75) is 37.0 Å². The van der Waals surface area contributed by atoms with Crippen molar-refractivity contribution in [1.29, 1.82) is 0 Å². The molecule has 0 aromatic rings. The first-order chi connectivity index (χ1) is 8.62. The van der Waals surface area contributed by atoms with Crippen LogP contribution in [0.3, 0.4) is 0 Å². The van der Waals surface area contributed by atoms with Crippen LogP contribution in [0.5, 0.6) is 0 Å². The number of carboxylic acid groups (broad SMARTS) is 1. The number of hydrogen-bond donors (Lipinski definition) is 1. The van der Waals surface area contributed by atoms with E-state index in [2.05, 4.69) is 18.1 Å². The summed E-state index contributed by atoms with van der Waals surface area (Å²) in [6, 6.07) is 0.0529. The molecule has 1 heterocycles. The van der Waals surface area contributed by atoms with Crippen LogP contribution in [0.4, 0.5) is 0 Å². The standard InChI is InChI=1S/C13H23NO3S/c1-3-14(9-13(18-2)5-4-6-13)11-8-17-7-10(11)12(15)16/h10-11H,3-9H2,1-2H3,(H,15,16). The van der Waals surface area contributed by atoms with Crippen LogP contribution in [0.25, 0.3) is 0 Å². The largest absolute Gasteiger partial charge is 0.481 e. The molecule has 0 aromatic carbocycles. The number of hydrogen-bond acceptors (Lipinski definition) is 4. The molecule has 0 aromatic heterocycles. The summed E-state index contributed by atoms with van der Waals surface area (Å²) in [5.74, 6) is -1.08. The van der Waals surface area contributed by atoms with Crippen molar-refractivity contribution in [3.05, 3.63) is 0 Å². The molecule has 104 valence electrons. The van der Waals surface area contributed by atoms with Gasteiger partial charge in [-0.1, -0.05) is 13.3 Å². The van der Waals surface area contributed by atoms with Crippen molar-refractivity contribution in [2.75, 3.05) is 32.6 Å². The molecular formula is C13H23NO3S. The molecule has 2 fully saturated rings. The van der Waals surface area contributed by atoms with E-state index in [-0.39, 0.29) is 12.0 Å². The molecule has 5 heteroatoms. The number of carbonyl (C=O) groups is 1. The molecule has 1 N–H and O–H groups in total. The van der Waals surface area contributed by atoms with Gasteiger partial charge < -0.3 is 9.84 Å². The molecule has 18 heavy (non-hydrogen) atoms. The van der Waals surface area contributed by atoms with E-state index >= 15 is 0 Å². The average Bonchev–Trinajstić information content (AvgIpc) is 2.78. The quantitative estimate of drug-likeness (QED) is 0.798. The van der Waals surface area contributed by atoms with Gasteiger partial charge in [-0.25, -0.2) is 0 Å². The predicted molar refractivity (Wildman–Crippen MR) is 73.1 cm³/mol. The average molecular weight is 273 g/mol. The maximum absolute atomic E-state index is 11.2. The Balaban J connectivity index is 2.01. The van der Waals surface area contributed by atoms with Gasteiger partial charge in [-0.15, -0.1) is 0 Å². The minimum atomic E-state index is -0.720. The summed E-state index contributed by atoms with van der Waals surface area (Å²) < 4.78 is 5.75. The lowest BCUT2D eigenvalue weighted by molar-refractivity contribution is -0.143. The lowest BCUT2D eigenvalue weighted by Crippen LogP contribution is -2.52. The van der Waals surface area contributed by atoms with E-state index in [9.17, 15) is 9.90 Å². The van der Waals surface area contributed by atoms with Gasteiger partial charge in [0.2, 0.25) is 0 Å². The Morgan fingerprint density at radius 3 is 2.67 bits per heavy atom. The molecule has 1 saturated heterocycles. The van der Waals surface area contributed by atoms with Gasteiger partial charge in [-0.05, 0) is 25.6 Å². The predicted octanol–water partition coefficient (Wildman–Crippen LogP) is 1.69. The zero-order chi connectivity index (χ0) is 13.2. The molecule has 2 aliphatic rings. The van der Waals surface area contributed by atoms with Crippen LogP contribution in [-0.2, 0) is 9.53 Å². The normalized spacial score (nSPS) is 30.4. The highest BCUT2D eigenvalue weighted by Crippen LogP contribution is 2.44. The van der Waals surface area contributed by atoms with E-state index in [1.54, 1.807) is 0 Å². The number of ether oxygens (including phenoxy) is 1. The second-order valence-electron chi connectivity index (χ2n) is 5.35. The maximum atomic E-state index is 11.2. The Morgan fingerprint density at radius 2 is 2.22 bits per heavy atom. The minimum Gasteiger partial charge on any atom is -0.481 e. The molecule has 0 spiro atoms. The number of aliphatic carboxylic acids is 1. The van der Waals surface area contributed by atoms with Crippen LogP contribution in [0.1, 0.15) is 26.2 Å². The number of thioether (sulfide) groups is 1. The van der Waals surface area contributed by atoms with Gasteiger partial charge in [0.15, 0.2) is 0 Å². The van der Waals surface area contributed by atoms with E-state index < -0.39 is 5.97 Å². The first-order valence-corrected chi connectivity index (χ1v) is 7.94. The Morgan fingerprint density at radius 1 is 1.50 bits per heavy atom. The van der Waals surface area contributed by atoms with E-state index in [0.717, 1.165) is 13.1 Å². The summed E-state index contributed by atoms with van der Waals surface area (Å²) in [5, 5.41) is 9.24. The van der Waals surface area contributed by atoms with E-state index in [1.807, 2.05) is 11.8 Å². The fraction of sp³-hybridized carbons (Fsp3) is 0.923. The van der Waals surface area contributed by atoms with E-state index in [1.165, 1.54) is 19.3 Å². The Hall–Kier alpha value is -0.260. The number of likely N-dealkylation sites (N-methyl/N-ethyl adjacent to an activating group) is 1. The third-order valence-electron chi connectivity index (χ3n) is 4.43. The van der Waals surface area contributed by atoms with Crippen LogP contribution in [0, 0.1) is 5.92 Å². The highest BCUT2D eigenvalue weighted by molar-refractivity contribution is 8.00. The minimum absolute atomic E-state index is 0.0529. The van der Waals surface area contributed by atoms with Gasteiger partial charge >= 0.3 is 5.97 Å². The number of carboxylic acids is 1. The van der Waals surface area contributed by atoms with Crippen LogP contribution in [0.15, 0.2) is 0 Å². The smallest absolute Gasteiger partial charge is 0.310 e. The van der Waals surface area contributed by atoms with Crippen molar-refractivity contribution in [2.24, 2.45) is 5.92 Å². The van der Waals surface area contributed by atoms with Crippen LogP contribution >= 0.6 is 11.8 Å². The second-order valence-corrected chi connectivity index (χ2v) is 6.63. The molecule has 2 unspecified atom stereocenters. The highest BCUT2D eigenvalue weighted by atomic mass is 32.2. The molecule has 0 bridgehead atoms. The number of rotatable bonds is 6. The Labute approximate surface area is 113 Å². The fourth-order valence-corrected chi connectivity index (χ4v) is 3.96. The third kappa shape index (κ3) is 2.68. The topological polar surface area (TPSA) is 49.8 Å². The molecule has 2 rings (SSSR count). The summed E-state index contributed by atoms with van der Waals surface area (Å²) in [6.07, 6.45) is 6.00. The van der Waals surface area contributed by atoms with E-state index in [4.69, 9.17) is 4.74 Å². The fourth-order valence-electron chi connectivity index (χ4n) is 2.97. The summed E-state index contributed by atoms with van der Waals surface area (Å²) in [4.78, 5) is 13.6. The van der Waals surface area contributed by atoms with Crippen molar-refractivity contribution in [3.63, 3.8) is 0 Å². The van der Waals surface area contributed by atoms with Crippen LogP contribution in [0.2, 0.25) is 0 Å². The first-order valence-electron chi connectivity index (χ1n) is 6.71. The second kappa shape index (κ2) is 5.80. The molecule has 1 aliphatic heterocycles. The van der Waals surface area contributed by atoms with E-state index in [0.29, 0.717) is 18.0 Å². The van der Waals surface area contributed by atoms with Gasteiger partial charge in [0.1, 0.15) is 0 Å². The Bertz CT molecular complexity index is 301. The number of nitrogens with zero attached hydrogens (tertiary/aromatic N) is 1. The SMILES string of the molecule is CCN(CC1(SC)CCC1)C1COCC1C(=O)O. The highest BCUT2D eigenvalue weighted by Gasteiger charge is 2.43. The molecule has 1 aliphatic carbocycles. The monoisotopic (exact) mass is 273 g/mol. The van der Waals surface area contributed by atoms with Crippen molar-refractivity contribution in [3.8, 4) is 0 Å². The van der Waals surface area contributed by atoms with Crippen molar-refractivity contribution in [1.82, 2.24) is 4.90 Å². The molecule has 1 saturated carbocycles. The molecule has 0 radical (unpaired) electrons. The third-order valence-corrected chi connectivity index (χ3v) is 5.84. The van der Waals surface area contributed by atoms with Gasteiger partial charge in [0.05, 0.1) is 19.1 Å². The van der Waals surface area contributed by atoms with Crippen LogP contribution < -0.4 is 0 Å². The lowest BCUT2D eigenvalue weighted by atomic mass is 9.83. The lowest BCUT2D eigenvalue weighted by Gasteiger charge is -2.45. The van der Waals surface area contributed by atoms with Crippen LogP contribution in [-0.4, -0.2) is 59.3 Å². The van der Waals surface area contributed by atoms with Gasteiger partial charge in [0, 0.05) is 17.3 Å². The zero-order valence-corrected chi connectivity index (χ0v) is 12.0. The summed E-state index contributed by atoms with van der Waals surface area (Å²) >= 11 is 1.94. The van der Waals surface area contributed by atoms with Crippen molar-refractivity contribution < 1.29 is 14.6 Å². The zero-order valence-electron chi connectivity index (χ0n) is 11.2. The van der Waals surface area contributed by atoms with Gasteiger partial charge in [-0.2, -0.15) is 11.8 Å². The molecule has 0 amide bonds.